The maximum absolute atomic E-state index is 13.0. The van der Waals surface area contributed by atoms with E-state index in [-0.39, 0.29) is 35.0 Å². The van der Waals surface area contributed by atoms with Gasteiger partial charge in [0, 0.05) is 31.2 Å². The minimum atomic E-state index is -3.61. The zero-order valence-electron chi connectivity index (χ0n) is 18.2. The van der Waals surface area contributed by atoms with Crippen molar-refractivity contribution in [1.82, 2.24) is 9.62 Å². The van der Waals surface area contributed by atoms with E-state index in [0.29, 0.717) is 31.6 Å². The highest BCUT2D eigenvalue weighted by atomic mass is 32.2. The first kappa shape index (κ1) is 23.9. The van der Waals surface area contributed by atoms with Crippen molar-refractivity contribution in [2.24, 2.45) is 5.92 Å². The lowest BCUT2D eigenvalue weighted by Crippen LogP contribution is -2.32. The molecule has 0 aromatic heterocycles. The van der Waals surface area contributed by atoms with Crippen LogP contribution in [0.1, 0.15) is 32.3 Å². The molecule has 3 rings (SSSR count). The van der Waals surface area contributed by atoms with Crippen molar-refractivity contribution in [3.63, 3.8) is 0 Å². The van der Waals surface area contributed by atoms with Crippen molar-refractivity contribution >= 4 is 27.5 Å². The molecule has 0 bridgehead atoms. The van der Waals surface area contributed by atoms with Gasteiger partial charge in [0.05, 0.1) is 10.8 Å². The third kappa shape index (κ3) is 6.14. The summed E-state index contributed by atoms with van der Waals surface area (Å²) >= 11 is 0. The number of halogens is 1. The largest absolute Gasteiger partial charge is 0.342 e. The SMILES string of the molecule is CC[C@H](C)NS(=O)(=O)c1ccc(NC(=O)[C@@H]2CC(=O)N(CCc3ccc(F)cc3)C2)cc1. The Morgan fingerprint density at radius 3 is 2.44 bits per heavy atom. The van der Waals surface area contributed by atoms with Gasteiger partial charge in [-0.1, -0.05) is 19.1 Å². The predicted molar refractivity (Wildman–Crippen MR) is 120 cm³/mol. The maximum atomic E-state index is 13.0. The van der Waals surface area contributed by atoms with Crippen LogP contribution < -0.4 is 10.0 Å². The molecule has 2 aromatic rings. The van der Waals surface area contributed by atoms with Gasteiger partial charge in [0.2, 0.25) is 21.8 Å². The number of hydrogen-bond donors (Lipinski definition) is 2. The van der Waals surface area contributed by atoms with E-state index in [0.717, 1.165) is 5.56 Å². The Bertz CT molecular complexity index is 1060. The summed E-state index contributed by atoms with van der Waals surface area (Å²) in [6.07, 6.45) is 1.38. The normalized spacial score (nSPS) is 17.4. The monoisotopic (exact) mass is 461 g/mol. The van der Waals surface area contributed by atoms with Crippen LogP contribution in [0.5, 0.6) is 0 Å². The van der Waals surface area contributed by atoms with Crippen LogP contribution in [0.25, 0.3) is 0 Å². The van der Waals surface area contributed by atoms with Gasteiger partial charge in [-0.05, 0) is 61.7 Å². The molecular weight excluding hydrogens is 433 g/mol. The first-order chi connectivity index (χ1) is 15.2. The number of sulfonamides is 1. The fraction of sp³-hybridized carbons (Fsp3) is 0.391. The maximum Gasteiger partial charge on any atom is 0.240 e. The van der Waals surface area contributed by atoms with E-state index in [9.17, 15) is 22.4 Å². The number of likely N-dealkylation sites (tertiary alicyclic amines) is 1. The average molecular weight is 462 g/mol. The molecule has 0 aliphatic carbocycles. The van der Waals surface area contributed by atoms with Crippen molar-refractivity contribution in [3.05, 3.63) is 59.9 Å². The van der Waals surface area contributed by atoms with Crippen molar-refractivity contribution < 1.29 is 22.4 Å². The summed E-state index contributed by atoms with van der Waals surface area (Å²) in [5, 5.41) is 2.76. The highest BCUT2D eigenvalue weighted by Gasteiger charge is 2.34. The zero-order valence-corrected chi connectivity index (χ0v) is 19.0. The van der Waals surface area contributed by atoms with E-state index < -0.39 is 15.9 Å². The molecule has 0 spiro atoms. The van der Waals surface area contributed by atoms with E-state index in [1.165, 1.54) is 36.4 Å². The highest BCUT2D eigenvalue weighted by Crippen LogP contribution is 2.21. The van der Waals surface area contributed by atoms with Crippen molar-refractivity contribution in [3.8, 4) is 0 Å². The second kappa shape index (κ2) is 10.2. The topological polar surface area (TPSA) is 95.6 Å². The fourth-order valence-electron chi connectivity index (χ4n) is 3.46. The summed E-state index contributed by atoms with van der Waals surface area (Å²) in [7, 11) is -3.61. The Morgan fingerprint density at radius 2 is 1.81 bits per heavy atom. The molecule has 1 heterocycles. The third-order valence-electron chi connectivity index (χ3n) is 5.57. The van der Waals surface area contributed by atoms with Gasteiger partial charge >= 0.3 is 0 Å². The Morgan fingerprint density at radius 1 is 1.16 bits per heavy atom. The molecule has 2 atom stereocenters. The van der Waals surface area contributed by atoms with Crippen LogP contribution in [0.3, 0.4) is 0 Å². The second-order valence-electron chi connectivity index (χ2n) is 8.06. The minimum absolute atomic E-state index is 0.0928. The van der Waals surface area contributed by atoms with Gasteiger partial charge in [-0.2, -0.15) is 0 Å². The lowest BCUT2D eigenvalue weighted by Gasteiger charge is -2.17. The molecule has 0 saturated carbocycles. The minimum Gasteiger partial charge on any atom is -0.342 e. The average Bonchev–Trinajstić information content (AvgIpc) is 3.14. The van der Waals surface area contributed by atoms with E-state index in [1.807, 2.05) is 6.92 Å². The molecule has 172 valence electrons. The molecule has 1 aliphatic rings. The van der Waals surface area contributed by atoms with Crippen molar-refractivity contribution in [1.29, 1.82) is 0 Å². The van der Waals surface area contributed by atoms with Crippen molar-refractivity contribution in [2.75, 3.05) is 18.4 Å². The molecule has 1 aliphatic heterocycles. The third-order valence-corrected chi connectivity index (χ3v) is 7.18. The van der Waals surface area contributed by atoms with E-state index in [4.69, 9.17) is 0 Å². The van der Waals surface area contributed by atoms with Gasteiger partial charge in [0.15, 0.2) is 0 Å². The summed E-state index contributed by atoms with van der Waals surface area (Å²) in [5.41, 5.74) is 1.39. The quantitative estimate of drug-likeness (QED) is 0.600. The number of carbonyl (C=O) groups is 2. The number of amides is 2. The molecule has 7 nitrogen and oxygen atoms in total. The first-order valence-corrected chi connectivity index (χ1v) is 12.1. The second-order valence-corrected chi connectivity index (χ2v) is 9.78. The van der Waals surface area contributed by atoms with Crippen LogP contribution in [0.2, 0.25) is 0 Å². The number of nitrogens with zero attached hydrogens (tertiary/aromatic N) is 1. The molecular formula is C23H28FN3O4S. The molecule has 1 saturated heterocycles. The van der Waals surface area contributed by atoms with Gasteiger partial charge in [-0.25, -0.2) is 17.5 Å². The van der Waals surface area contributed by atoms with Crippen LogP contribution in [0, 0.1) is 11.7 Å². The Kier molecular flexibility index (Phi) is 7.63. The summed E-state index contributed by atoms with van der Waals surface area (Å²) < 4.78 is 40.3. The summed E-state index contributed by atoms with van der Waals surface area (Å²) in [6, 6.07) is 11.9. The van der Waals surface area contributed by atoms with Gasteiger partial charge < -0.3 is 10.2 Å². The number of hydrogen-bond acceptors (Lipinski definition) is 4. The number of benzene rings is 2. The molecule has 0 radical (unpaired) electrons. The van der Waals surface area contributed by atoms with Crippen LogP contribution in [0.4, 0.5) is 10.1 Å². The van der Waals surface area contributed by atoms with Crippen LogP contribution in [0.15, 0.2) is 53.4 Å². The van der Waals surface area contributed by atoms with Gasteiger partial charge in [-0.3, -0.25) is 9.59 Å². The first-order valence-electron chi connectivity index (χ1n) is 10.6. The van der Waals surface area contributed by atoms with E-state index >= 15 is 0 Å². The standard InChI is InChI=1S/C23H28FN3O4S/c1-3-16(2)26-32(30,31)21-10-8-20(9-11-21)25-23(29)18-14-22(28)27(15-18)13-12-17-4-6-19(24)7-5-17/h4-11,16,18,26H,3,12-15H2,1-2H3,(H,25,29)/t16-,18+/m0/s1. The molecule has 2 N–H and O–H groups in total. The number of nitrogens with one attached hydrogen (secondary N) is 2. The Labute approximate surface area is 188 Å². The fourth-order valence-corrected chi connectivity index (χ4v) is 4.78. The Balaban J connectivity index is 1.54. The van der Waals surface area contributed by atoms with Gasteiger partial charge in [-0.15, -0.1) is 0 Å². The number of anilines is 1. The van der Waals surface area contributed by atoms with Crippen molar-refractivity contribution in [2.45, 2.75) is 44.0 Å². The molecule has 1 fully saturated rings. The van der Waals surface area contributed by atoms with E-state index in [2.05, 4.69) is 10.0 Å². The predicted octanol–water partition coefficient (Wildman–Crippen LogP) is 2.93. The molecule has 9 heteroatoms. The van der Waals surface area contributed by atoms with Crippen LogP contribution >= 0.6 is 0 Å². The smallest absolute Gasteiger partial charge is 0.240 e. The number of rotatable bonds is 9. The van der Waals surface area contributed by atoms with Gasteiger partial charge in [0.25, 0.3) is 0 Å². The Hall–Kier alpha value is -2.78. The molecule has 0 unspecified atom stereocenters. The van der Waals surface area contributed by atoms with Gasteiger partial charge in [0.1, 0.15) is 5.82 Å². The summed E-state index contributed by atoms with van der Waals surface area (Å²) in [6.45, 7) is 4.46. The highest BCUT2D eigenvalue weighted by molar-refractivity contribution is 7.89. The summed E-state index contributed by atoms with van der Waals surface area (Å²) in [4.78, 5) is 26.7. The van der Waals surface area contributed by atoms with Crippen LogP contribution in [-0.4, -0.2) is 44.3 Å². The molecule has 2 amide bonds. The lowest BCUT2D eigenvalue weighted by molar-refractivity contribution is -0.128. The number of carbonyl (C=O) groups excluding carboxylic acids is 2. The molecule has 2 aromatic carbocycles. The van der Waals surface area contributed by atoms with E-state index in [1.54, 1.807) is 24.0 Å². The zero-order chi connectivity index (χ0) is 23.3. The lowest BCUT2D eigenvalue weighted by atomic mass is 10.1. The van der Waals surface area contributed by atoms with Crippen LogP contribution in [-0.2, 0) is 26.0 Å². The summed E-state index contributed by atoms with van der Waals surface area (Å²) in [5.74, 6) is -1.16. The molecule has 32 heavy (non-hydrogen) atoms.